The lowest BCUT2D eigenvalue weighted by Crippen LogP contribution is -2.36. The van der Waals surface area contributed by atoms with Crippen LogP contribution in [-0.2, 0) is 4.79 Å². The van der Waals surface area contributed by atoms with E-state index in [0.29, 0.717) is 23.8 Å². The minimum Gasteiger partial charge on any atom is -0.481 e. The Balaban J connectivity index is 1.83. The average molecular weight is 287 g/mol. The highest BCUT2D eigenvalue weighted by Crippen LogP contribution is 2.45. The molecule has 1 saturated carbocycles. The zero-order valence-electron chi connectivity index (χ0n) is 11.1. The summed E-state index contributed by atoms with van der Waals surface area (Å²) >= 11 is 0. The fourth-order valence-electron chi connectivity index (χ4n) is 2.18. The third-order valence-electron chi connectivity index (χ3n) is 3.78. The first-order valence-corrected chi connectivity index (χ1v) is 6.56. The molecule has 21 heavy (non-hydrogen) atoms. The SMILES string of the molecule is O=C(NCC1(C(=O)O)CC1)c1cc2ccccc2oc1=O. The number of nitrogens with one attached hydrogen (secondary N) is 1. The van der Waals surface area contributed by atoms with Gasteiger partial charge in [0.15, 0.2) is 0 Å². The predicted octanol–water partition coefficient (Wildman–Crippen LogP) is 1.39. The molecular formula is C15H13NO5. The largest absolute Gasteiger partial charge is 0.481 e. The first-order valence-electron chi connectivity index (χ1n) is 6.56. The van der Waals surface area contributed by atoms with Crippen LogP contribution < -0.4 is 10.9 Å². The van der Waals surface area contributed by atoms with E-state index in [4.69, 9.17) is 9.52 Å². The van der Waals surface area contributed by atoms with Crippen molar-refractivity contribution in [3.8, 4) is 0 Å². The topological polar surface area (TPSA) is 96.6 Å². The number of aliphatic carboxylic acids is 1. The molecule has 0 bridgehead atoms. The summed E-state index contributed by atoms with van der Waals surface area (Å²) < 4.78 is 5.08. The summed E-state index contributed by atoms with van der Waals surface area (Å²) in [5.41, 5.74) is -1.31. The summed E-state index contributed by atoms with van der Waals surface area (Å²) in [6.45, 7) is 0.0213. The molecule has 2 aromatic rings. The number of fused-ring (bicyclic) bond motifs is 1. The molecule has 6 heteroatoms. The van der Waals surface area contributed by atoms with Crippen molar-refractivity contribution in [1.82, 2.24) is 5.32 Å². The molecule has 1 fully saturated rings. The smallest absolute Gasteiger partial charge is 0.349 e. The molecule has 0 aliphatic heterocycles. The Morgan fingerprint density at radius 1 is 1.29 bits per heavy atom. The minimum atomic E-state index is -0.923. The number of hydrogen-bond donors (Lipinski definition) is 2. The van der Waals surface area contributed by atoms with Crippen LogP contribution in [0.4, 0.5) is 0 Å². The van der Waals surface area contributed by atoms with Gasteiger partial charge in [-0.05, 0) is 25.0 Å². The van der Waals surface area contributed by atoms with Gasteiger partial charge in [-0.15, -0.1) is 0 Å². The fraction of sp³-hybridized carbons (Fsp3) is 0.267. The number of benzene rings is 1. The van der Waals surface area contributed by atoms with Gasteiger partial charge < -0.3 is 14.8 Å². The van der Waals surface area contributed by atoms with Crippen molar-refractivity contribution in [2.75, 3.05) is 6.54 Å². The molecule has 108 valence electrons. The molecule has 1 aliphatic carbocycles. The van der Waals surface area contributed by atoms with Crippen molar-refractivity contribution in [3.05, 3.63) is 46.3 Å². The second-order valence-electron chi connectivity index (χ2n) is 5.25. The Morgan fingerprint density at radius 3 is 2.67 bits per heavy atom. The maximum atomic E-state index is 12.0. The van der Waals surface area contributed by atoms with E-state index in [1.165, 1.54) is 6.07 Å². The zero-order chi connectivity index (χ0) is 15.0. The normalized spacial score (nSPS) is 15.6. The van der Waals surface area contributed by atoms with Crippen molar-refractivity contribution in [2.24, 2.45) is 5.41 Å². The molecule has 3 rings (SSSR count). The first-order chi connectivity index (χ1) is 10.0. The highest BCUT2D eigenvalue weighted by Gasteiger charge is 2.50. The van der Waals surface area contributed by atoms with Crippen molar-refractivity contribution in [2.45, 2.75) is 12.8 Å². The Hall–Kier alpha value is -2.63. The first kappa shape index (κ1) is 13.4. The van der Waals surface area contributed by atoms with Crippen LogP contribution in [0.25, 0.3) is 11.0 Å². The molecule has 2 N–H and O–H groups in total. The molecule has 1 aromatic heterocycles. The molecule has 0 atom stereocenters. The maximum Gasteiger partial charge on any atom is 0.349 e. The molecule has 6 nitrogen and oxygen atoms in total. The number of carbonyl (C=O) groups excluding carboxylic acids is 1. The van der Waals surface area contributed by atoms with Crippen molar-refractivity contribution in [1.29, 1.82) is 0 Å². The highest BCUT2D eigenvalue weighted by molar-refractivity contribution is 5.97. The molecule has 1 amide bonds. The zero-order valence-corrected chi connectivity index (χ0v) is 11.1. The van der Waals surface area contributed by atoms with Crippen LogP contribution >= 0.6 is 0 Å². The lowest BCUT2D eigenvalue weighted by Gasteiger charge is -2.10. The van der Waals surface area contributed by atoms with Crippen molar-refractivity contribution < 1.29 is 19.1 Å². The third kappa shape index (κ3) is 2.40. The highest BCUT2D eigenvalue weighted by atomic mass is 16.4. The van der Waals surface area contributed by atoms with Crippen LogP contribution in [0.5, 0.6) is 0 Å². The van der Waals surface area contributed by atoms with Gasteiger partial charge in [0, 0.05) is 11.9 Å². The Kier molecular flexibility index (Phi) is 3.01. The molecule has 0 spiro atoms. The van der Waals surface area contributed by atoms with Crippen LogP contribution in [0.2, 0.25) is 0 Å². The van der Waals surface area contributed by atoms with E-state index >= 15 is 0 Å². The number of carbonyl (C=O) groups is 2. The van der Waals surface area contributed by atoms with E-state index < -0.39 is 22.9 Å². The molecule has 0 unspecified atom stereocenters. The summed E-state index contributed by atoms with van der Waals surface area (Å²) in [5.74, 6) is -1.53. The maximum absolute atomic E-state index is 12.0. The monoisotopic (exact) mass is 287 g/mol. The van der Waals surface area contributed by atoms with E-state index in [9.17, 15) is 14.4 Å². The Bertz CT molecular complexity index is 788. The van der Waals surface area contributed by atoms with Crippen LogP contribution in [0, 0.1) is 5.41 Å². The van der Waals surface area contributed by atoms with E-state index in [0.717, 1.165) is 0 Å². The quantitative estimate of drug-likeness (QED) is 0.828. The van der Waals surface area contributed by atoms with Gasteiger partial charge >= 0.3 is 11.6 Å². The van der Waals surface area contributed by atoms with E-state index in [1.807, 2.05) is 0 Å². The van der Waals surface area contributed by atoms with Gasteiger partial charge in [0.2, 0.25) is 0 Å². The average Bonchev–Trinajstić information content (AvgIpc) is 3.25. The van der Waals surface area contributed by atoms with Gasteiger partial charge in [-0.3, -0.25) is 9.59 Å². The van der Waals surface area contributed by atoms with Crippen LogP contribution in [0.15, 0.2) is 39.5 Å². The number of carboxylic acid groups (broad SMARTS) is 1. The van der Waals surface area contributed by atoms with E-state index in [2.05, 4.69) is 5.32 Å². The van der Waals surface area contributed by atoms with E-state index in [-0.39, 0.29) is 12.1 Å². The van der Waals surface area contributed by atoms with E-state index in [1.54, 1.807) is 24.3 Å². The van der Waals surface area contributed by atoms with Gasteiger partial charge in [-0.2, -0.15) is 0 Å². The summed E-state index contributed by atoms with van der Waals surface area (Å²) in [7, 11) is 0. The third-order valence-corrected chi connectivity index (χ3v) is 3.78. The van der Waals surface area contributed by atoms with Crippen LogP contribution in [-0.4, -0.2) is 23.5 Å². The Morgan fingerprint density at radius 2 is 2.00 bits per heavy atom. The van der Waals surface area contributed by atoms with Crippen LogP contribution in [0.1, 0.15) is 23.2 Å². The molecule has 0 saturated heterocycles. The summed E-state index contributed by atoms with van der Waals surface area (Å²) in [6, 6.07) is 8.33. The number of carboxylic acids is 1. The standard InChI is InChI=1S/C15H13NO5/c17-12(16-8-15(5-6-15)14(19)20)10-7-9-3-1-2-4-11(9)21-13(10)18/h1-4,7H,5-6,8H2,(H,16,17)(H,19,20). The summed E-state index contributed by atoms with van der Waals surface area (Å²) in [4.78, 5) is 34.9. The molecule has 1 aromatic carbocycles. The summed E-state index contributed by atoms with van der Waals surface area (Å²) in [6.07, 6.45) is 1.07. The molecular weight excluding hydrogens is 274 g/mol. The van der Waals surface area contributed by atoms with Gasteiger partial charge in [-0.25, -0.2) is 4.79 Å². The molecule has 1 heterocycles. The molecule has 0 radical (unpaired) electrons. The van der Waals surface area contributed by atoms with Crippen LogP contribution in [0.3, 0.4) is 0 Å². The van der Waals surface area contributed by atoms with Gasteiger partial charge in [0.1, 0.15) is 11.1 Å². The lowest BCUT2D eigenvalue weighted by atomic mass is 10.1. The van der Waals surface area contributed by atoms with Crippen molar-refractivity contribution >= 4 is 22.8 Å². The second-order valence-corrected chi connectivity index (χ2v) is 5.25. The summed E-state index contributed by atoms with van der Waals surface area (Å²) in [5, 5.41) is 12.2. The number of rotatable bonds is 4. The fourth-order valence-corrected chi connectivity index (χ4v) is 2.18. The number of para-hydroxylation sites is 1. The van der Waals surface area contributed by atoms with Crippen molar-refractivity contribution in [3.63, 3.8) is 0 Å². The molecule has 1 aliphatic rings. The van der Waals surface area contributed by atoms with Gasteiger partial charge in [-0.1, -0.05) is 18.2 Å². The predicted molar refractivity (Wildman–Crippen MR) is 74.1 cm³/mol. The minimum absolute atomic E-state index is 0.0213. The van der Waals surface area contributed by atoms with Gasteiger partial charge in [0.25, 0.3) is 5.91 Å². The number of hydrogen-bond acceptors (Lipinski definition) is 4. The Labute approximate surface area is 119 Å². The second kappa shape index (κ2) is 4.73. The van der Waals surface area contributed by atoms with Gasteiger partial charge in [0.05, 0.1) is 5.41 Å². The lowest BCUT2D eigenvalue weighted by molar-refractivity contribution is -0.143. The number of amides is 1.